The lowest BCUT2D eigenvalue weighted by molar-refractivity contribution is -0.140. The number of ether oxygens (including phenoxy) is 1. The van der Waals surface area contributed by atoms with Crippen molar-refractivity contribution in [3.05, 3.63) is 124 Å². The zero-order valence-electron chi connectivity index (χ0n) is 25.7. The van der Waals surface area contributed by atoms with Crippen LogP contribution in [0.1, 0.15) is 30.9 Å². The SMILES string of the molecule is CCCCNC(=O)C(Cc1ccccc1)N(Cc1cccc(OC)c1)C(=O)CN(c1cccc(Cl)c1)S(=O)(=O)c1ccc(Cl)cc1. The number of nitrogens with one attached hydrogen (secondary N) is 1. The zero-order valence-corrected chi connectivity index (χ0v) is 28.1. The molecule has 46 heavy (non-hydrogen) atoms. The van der Waals surface area contributed by atoms with E-state index in [2.05, 4.69) is 5.32 Å². The maximum absolute atomic E-state index is 14.5. The van der Waals surface area contributed by atoms with Crippen LogP contribution in [0.2, 0.25) is 10.0 Å². The van der Waals surface area contributed by atoms with E-state index >= 15 is 0 Å². The standard InChI is InChI=1S/C35H37Cl2N3O5S/c1-3-4-20-38-35(42)33(22-26-10-6-5-7-11-26)39(24-27-12-8-15-31(21-27)45-2)34(41)25-40(30-14-9-13-29(37)23-30)46(43,44)32-18-16-28(36)17-19-32/h5-19,21,23,33H,3-4,20,22,24-25H2,1-2H3,(H,38,42). The molecule has 0 aliphatic carbocycles. The van der Waals surface area contributed by atoms with E-state index in [1.54, 1.807) is 43.5 Å². The molecule has 0 saturated carbocycles. The van der Waals surface area contributed by atoms with Gasteiger partial charge in [-0.1, -0.05) is 85.1 Å². The number of amides is 2. The van der Waals surface area contributed by atoms with E-state index in [0.29, 0.717) is 27.9 Å². The van der Waals surface area contributed by atoms with Gasteiger partial charge >= 0.3 is 0 Å². The molecular weight excluding hydrogens is 645 g/mol. The van der Waals surface area contributed by atoms with Crippen LogP contribution in [0.15, 0.2) is 108 Å². The van der Waals surface area contributed by atoms with Crippen LogP contribution < -0.4 is 14.4 Å². The number of anilines is 1. The molecule has 0 aromatic heterocycles. The van der Waals surface area contributed by atoms with Crippen LogP contribution in [0.4, 0.5) is 5.69 Å². The fourth-order valence-corrected chi connectivity index (χ4v) is 6.64. The molecule has 0 aliphatic heterocycles. The first-order valence-electron chi connectivity index (χ1n) is 14.9. The van der Waals surface area contributed by atoms with Gasteiger partial charge in [-0.05, 0) is 72.1 Å². The Labute approximate surface area is 280 Å². The number of unbranched alkanes of at least 4 members (excludes halogenated alkanes) is 1. The molecule has 0 radical (unpaired) electrons. The quantitative estimate of drug-likeness (QED) is 0.140. The molecule has 11 heteroatoms. The van der Waals surface area contributed by atoms with Crippen molar-refractivity contribution in [2.24, 2.45) is 0 Å². The second kappa shape index (κ2) is 16.5. The molecule has 0 fully saturated rings. The molecule has 1 atom stereocenters. The monoisotopic (exact) mass is 681 g/mol. The summed E-state index contributed by atoms with van der Waals surface area (Å²) in [6.45, 7) is 1.90. The first-order chi connectivity index (χ1) is 22.1. The number of carbonyl (C=O) groups excluding carboxylic acids is 2. The van der Waals surface area contributed by atoms with E-state index in [1.807, 2.05) is 43.3 Å². The van der Waals surface area contributed by atoms with E-state index in [9.17, 15) is 18.0 Å². The summed E-state index contributed by atoms with van der Waals surface area (Å²) < 4.78 is 34.6. The summed E-state index contributed by atoms with van der Waals surface area (Å²) in [5, 5.41) is 3.65. The molecule has 4 rings (SSSR count). The highest BCUT2D eigenvalue weighted by Crippen LogP contribution is 2.28. The maximum atomic E-state index is 14.5. The zero-order chi connectivity index (χ0) is 33.1. The fraction of sp³-hybridized carbons (Fsp3) is 0.257. The molecule has 1 unspecified atom stereocenters. The summed E-state index contributed by atoms with van der Waals surface area (Å²) in [6.07, 6.45) is 1.87. The number of hydrogen-bond acceptors (Lipinski definition) is 5. The van der Waals surface area contributed by atoms with Crippen LogP contribution in [0.25, 0.3) is 0 Å². The van der Waals surface area contributed by atoms with E-state index in [0.717, 1.165) is 22.7 Å². The van der Waals surface area contributed by atoms with Crippen molar-refractivity contribution in [2.75, 3.05) is 24.5 Å². The highest BCUT2D eigenvalue weighted by Gasteiger charge is 2.34. The molecule has 0 saturated heterocycles. The predicted octanol–water partition coefficient (Wildman–Crippen LogP) is 6.75. The number of halogens is 2. The van der Waals surface area contributed by atoms with Crippen LogP contribution in [0, 0.1) is 0 Å². The highest BCUT2D eigenvalue weighted by molar-refractivity contribution is 7.92. The Morgan fingerprint density at radius 3 is 2.22 bits per heavy atom. The normalized spacial score (nSPS) is 11.8. The first kappa shape index (κ1) is 34.8. The average molecular weight is 683 g/mol. The molecule has 1 N–H and O–H groups in total. The average Bonchev–Trinajstić information content (AvgIpc) is 3.05. The first-order valence-corrected chi connectivity index (χ1v) is 17.1. The van der Waals surface area contributed by atoms with Gasteiger partial charge in [0, 0.05) is 29.6 Å². The number of sulfonamides is 1. The van der Waals surface area contributed by atoms with E-state index < -0.39 is 28.5 Å². The Bertz CT molecular complexity index is 1720. The van der Waals surface area contributed by atoms with Crippen molar-refractivity contribution >= 4 is 50.7 Å². The highest BCUT2D eigenvalue weighted by atomic mass is 35.5. The second-order valence-electron chi connectivity index (χ2n) is 10.7. The molecule has 0 heterocycles. The van der Waals surface area contributed by atoms with Crippen LogP contribution in [-0.4, -0.2) is 51.4 Å². The van der Waals surface area contributed by atoms with Gasteiger partial charge in [0.2, 0.25) is 11.8 Å². The van der Waals surface area contributed by atoms with Gasteiger partial charge in [-0.2, -0.15) is 0 Å². The Morgan fingerprint density at radius 2 is 1.54 bits per heavy atom. The van der Waals surface area contributed by atoms with Crippen LogP contribution in [0.5, 0.6) is 5.75 Å². The number of benzene rings is 4. The van der Waals surface area contributed by atoms with E-state index in [1.165, 1.54) is 35.2 Å². The molecule has 4 aromatic carbocycles. The third-order valence-corrected chi connectivity index (χ3v) is 9.64. The lowest BCUT2D eigenvalue weighted by atomic mass is 10.0. The largest absolute Gasteiger partial charge is 0.497 e. The third-order valence-electron chi connectivity index (χ3n) is 7.36. The summed E-state index contributed by atoms with van der Waals surface area (Å²) in [4.78, 5) is 29.8. The minimum Gasteiger partial charge on any atom is -0.497 e. The maximum Gasteiger partial charge on any atom is 0.264 e. The summed E-state index contributed by atoms with van der Waals surface area (Å²) in [6, 6.07) is 27.6. The molecule has 4 aromatic rings. The van der Waals surface area contributed by atoms with E-state index in [4.69, 9.17) is 27.9 Å². The van der Waals surface area contributed by atoms with Crippen molar-refractivity contribution < 1.29 is 22.7 Å². The summed E-state index contributed by atoms with van der Waals surface area (Å²) in [5.41, 5.74) is 1.76. The molecular formula is C35H37Cl2N3O5S. The van der Waals surface area contributed by atoms with Gasteiger partial charge in [-0.3, -0.25) is 13.9 Å². The number of hydrogen-bond donors (Lipinski definition) is 1. The second-order valence-corrected chi connectivity index (χ2v) is 13.4. The van der Waals surface area contributed by atoms with Crippen LogP contribution in [0.3, 0.4) is 0 Å². The summed E-state index contributed by atoms with van der Waals surface area (Å²) >= 11 is 12.3. The van der Waals surface area contributed by atoms with Crippen molar-refractivity contribution in [3.8, 4) is 5.75 Å². The molecule has 8 nitrogen and oxygen atoms in total. The number of carbonyl (C=O) groups is 2. The lowest BCUT2D eigenvalue weighted by Crippen LogP contribution is -2.53. The van der Waals surface area contributed by atoms with Gasteiger partial charge in [0.25, 0.3) is 10.0 Å². The van der Waals surface area contributed by atoms with Gasteiger partial charge in [-0.25, -0.2) is 8.42 Å². The van der Waals surface area contributed by atoms with Crippen LogP contribution in [-0.2, 0) is 32.6 Å². The molecule has 242 valence electrons. The number of methoxy groups -OCH3 is 1. The summed E-state index contributed by atoms with van der Waals surface area (Å²) in [5.74, 6) is -0.321. The summed E-state index contributed by atoms with van der Waals surface area (Å²) in [7, 11) is -2.73. The minimum absolute atomic E-state index is 0.0269. The lowest BCUT2D eigenvalue weighted by Gasteiger charge is -2.34. The molecule has 0 aliphatic rings. The van der Waals surface area contributed by atoms with Crippen molar-refractivity contribution in [1.29, 1.82) is 0 Å². The number of nitrogens with zero attached hydrogens (tertiary/aromatic N) is 2. The topological polar surface area (TPSA) is 96.0 Å². The van der Waals surface area contributed by atoms with Crippen LogP contribution >= 0.6 is 23.2 Å². The Morgan fingerprint density at radius 1 is 0.848 bits per heavy atom. The fourth-order valence-electron chi connectivity index (χ4n) is 4.92. The molecule has 0 spiro atoms. The van der Waals surface area contributed by atoms with Crippen molar-refractivity contribution in [1.82, 2.24) is 10.2 Å². The van der Waals surface area contributed by atoms with Gasteiger partial charge in [-0.15, -0.1) is 0 Å². The van der Waals surface area contributed by atoms with Gasteiger partial charge in [0.15, 0.2) is 0 Å². The molecule has 0 bridgehead atoms. The minimum atomic E-state index is -4.27. The van der Waals surface area contributed by atoms with E-state index in [-0.39, 0.29) is 29.5 Å². The van der Waals surface area contributed by atoms with Gasteiger partial charge in [0.1, 0.15) is 18.3 Å². The third kappa shape index (κ3) is 9.25. The predicted molar refractivity (Wildman–Crippen MR) is 183 cm³/mol. The Kier molecular flexibility index (Phi) is 12.5. The Hall–Kier alpha value is -4.05. The van der Waals surface area contributed by atoms with Gasteiger partial charge in [0.05, 0.1) is 17.7 Å². The smallest absolute Gasteiger partial charge is 0.264 e. The van der Waals surface area contributed by atoms with Gasteiger partial charge < -0.3 is 15.0 Å². The van der Waals surface area contributed by atoms with Crippen molar-refractivity contribution in [3.63, 3.8) is 0 Å². The Balaban J connectivity index is 1.80. The number of rotatable bonds is 15. The van der Waals surface area contributed by atoms with Crippen molar-refractivity contribution in [2.45, 2.75) is 43.7 Å². The molecule has 2 amide bonds.